The molecule has 1 aliphatic heterocycles. The lowest BCUT2D eigenvalue weighted by atomic mass is 10.0. The molecule has 10 heavy (non-hydrogen) atoms. The number of carbonyl (C=O) groups is 1. The minimum atomic E-state index is -0.343. The van der Waals surface area contributed by atoms with Crippen LogP contribution >= 0.6 is 0 Å². The molecular weight excluding hydrogens is 130 g/mol. The van der Waals surface area contributed by atoms with Crippen molar-refractivity contribution in [1.82, 2.24) is 0 Å². The van der Waals surface area contributed by atoms with Gasteiger partial charge in [-0.15, -0.1) is 0 Å². The highest BCUT2D eigenvalue weighted by molar-refractivity contribution is 5.79. The largest absolute Gasteiger partial charge is 0.367 e. The van der Waals surface area contributed by atoms with Gasteiger partial charge in [0, 0.05) is 0 Å². The highest BCUT2D eigenvalue weighted by atomic mass is 16.5. The van der Waals surface area contributed by atoms with E-state index in [9.17, 15) is 4.79 Å². The second-order valence-corrected chi connectivity index (χ2v) is 2.95. The molecule has 1 fully saturated rings. The van der Waals surface area contributed by atoms with Gasteiger partial charge in [-0.3, -0.25) is 4.79 Å². The smallest absolute Gasteiger partial charge is 0.246 e. The second-order valence-electron chi connectivity index (χ2n) is 2.95. The molecule has 1 saturated heterocycles. The first-order valence-electron chi connectivity index (χ1n) is 3.56. The van der Waals surface area contributed by atoms with Gasteiger partial charge in [0.2, 0.25) is 5.91 Å². The third kappa shape index (κ3) is 1.29. The summed E-state index contributed by atoms with van der Waals surface area (Å²) in [6.07, 6.45) is 0.610. The number of rotatable bonds is 1. The molecule has 0 spiro atoms. The van der Waals surface area contributed by atoms with Crippen LogP contribution in [-0.4, -0.2) is 18.1 Å². The summed E-state index contributed by atoms with van der Waals surface area (Å²) in [5, 5.41) is 0. The number of primary amides is 1. The molecule has 0 unspecified atom stereocenters. The second kappa shape index (κ2) is 2.58. The highest BCUT2D eigenvalue weighted by Crippen LogP contribution is 2.24. The molecular formula is C7H13NO2. The Balaban J connectivity index is 2.49. The van der Waals surface area contributed by atoms with E-state index >= 15 is 0 Å². The maximum Gasteiger partial charge on any atom is 0.246 e. The van der Waals surface area contributed by atoms with E-state index in [1.807, 2.05) is 6.92 Å². The summed E-state index contributed by atoms with van der Waals surface area (Å²) in [7, 11) is 0. The number of nitrogens with two attached hydrogens (primary N) is 1. The Bertz CT molecular complexity index is 137. The SMILES string of the molecule is C[C@H]1C[C@H](C(N)=O)O[C@@H]1C. The van der Waals surface area contributed by atoms with Gasteiger partial charge in [0.05, 0.1) is 6.10 Å². The number of ether oxygens (including phenoxy) is 1. The topological polar surface area (TPSA) is 52.3 Å². The van der Waals surface area contributed by atoms with E-state index in [1.54, 1.807) is 0 Å². The van der Waals surface area contributed by atoms with Crippen molar-refractivity contribution in [1.29, 1.82) is 0 Å². The first-order valence-corrected chi connectivity index (χ1v) is 3.56. The van der Waals surface area contributed by atoms with Crippen LogP contribution in [0.15, 0.2) is 0 Å². The monoisotopic (exact) mass is 143 g/mol. The van der Waals surface area contributed by atoms with Gasteiger partial charge < -0.3 is 10.5 Å². The molecule has 0 aliphatic carbocycles. The molecule has 3 nitrogen and oxygen atoms in total. The minimum Gasteiger partial charge on any atom is -0.367 e. The van der Waals surface area contributed by atoms with Crippen LogP contribution in [-0.2, 0) is 9.53 Å². The summed E-state index contributed by atoms with van der Waals surface area (Å²) in [6, 6.07) is 0. The van der Waals surface area contributed by atoms with E-state index in [4.69, 9.17) is 10.5 Å². The molecule has 1 amide bonds. The van der Waals surface area contributed by atoms with Gasteiger partial charge >= 0.3 is 0 Å². The molecule has 3 heteroatoms. The van der Waals surface area contributed by atoms with Gasteiger partial charge in [-0.2, -0.15) is 0 Å². The van der Waals surface area contributed by atoms with Crippen LogP contribution in [0, 0.1) is 5.92 Å². The molecule has 1 rings (SSSR count). The van der Waals surface area contributed by atoms with Crippen LogP contribution in [0.3, 0.4) is 0 Å². The summed E-state index contributed by atoms with van der Waals surface area (Å²) in [4.78, 5) is 10.6. The van der Waals surface area contributed by atoms with Crippen molar-refractivity contribution in [2.75, 3.05) is 0 Å². The summed E-state index contributed by atoms with van der Waals surface area (Å²) >= 11 is 0. The summed E-state index contributed by atoms with van der Waals surface area (Å²) in [5.41, 5.74) is 5.06. The Morgan fingerprint density at radius 2 is 2.20 bits per heavy atom. The molecule has 2 N–H and O–H groups in total. The maximum absolute atomic E-state index is 10.6. The van der Waals surface area contributed by atoms with Crippen molar-refractivity contribution in [3.05, 3.63) is 0 Å². The van der Waals surface area contributed by atoms with E-state index < -0.39 is 0 Å². The van der Waals surface area contributed by atoms with Gasteiger partial charge in [-0.1, -0.05) is 6.92 Å². The first kappa shape index (κ1) is 7.54. The molecule has 0 aromatic rings. The van der Waals surface area contributed by atoms with Gasteiger partial charge in [-0.25, -0.2) is 0 Å². The van der Waals surface area contributed by atoms with Crippen molar-refractivity contribution >= 4 is 5.91 Å². The molecule has 0 aromatic carbocycles. The summed E-state index contributed by atoms with van der Waals surface area (Å²) in [5.74, 6) is 0.119. The zero-order valence-corrected chi connectivity index (χ0v) is 6.33. The third-order valence-corrected chi connectivity index (χ3v) is 2.08. The Labute approximate surface area is 60.5 Å². The molecule has 1 heterocycles. The van der Waals surface area contributed by atoms with Crippen molar-refractivity contribution < 1.29 is 9.53 Å². The number of hydrogen-bond donors (Lipinski definition) is 1. The molecule has 0 bridgehead atoms. The van der Waals surface area contributed by atoms with E-state index in [0.29, 0.717) is 5.92 Å². The normalized spacial score (nSPS) is 40.0. The van der Waals surface area contributed by atoms with Crippen molar-refractivity contribution in [2.45, 2.75) is 32.5 Å². The maximum atomic E-state index is 10.6. The number of carbonyl (C=O) groups excluding carboxylic acids is 1. The van der Waals surface area contributed by atoms with E-state index in [-0.39, 0.29) is 18.1 Å². The average molecular weight is 143 g/mol. The lowest BCUT2D eigenvalue weighted by molar-refractivity contribution is -0.128. The van der Waals surface area contributed by atoms with Gasteiger partial charge in [-0.05, 0) is 19.3 Å². The Hall–Kier alpha value is -0.570. The molecule has 1 aliphatic rings. The standard InChI is InChI=1S/C7H13NO2/c1-4-3-6(7(8)9)10-5(4)2/h4-6H,3H2,1-2H3,(H2,8,9)/t4-,5+,6+/m0/s1. The summed E-state index contributed by atoms with van der Waals surface area (Å²) < 4.78 is 5.26. The number of hydrogen-bond acceptors (Lipinski definition) is 2. The van der Waals surface area contributed by atoms with Gasteiger partial charge in [0.1, 0.15) is 6.10 Å². The van der Waals surface area contributed by atoms with Crippen molar-refractivity contribution in [2.24, 2.45) is 11.7 Å². The molecule has 58 valence electrons. The first-order chi connectivity index (χ1) is 4.61. The Kier molecular flexibility index (Phi) is 1.94. The quantitative estimate of drug-likeness (QED) is 0.573. The Morgan fingerprint density at radius 3 is 2.40 bits per heavy atom. The van der Waals surface area contributed by atoms with Gasteiger partial charge in [0.15, 0.2) is 0 Å². The lowest BCUT2D eigenvalue weighted by Crippen LogP contribution is -2.28. The zero-order chi connectivity index (χ0) is 7.72. The average Bonchev–Trinajstić information content (AvgIpc) is 2.13. The van der Waals surface area contributed by atoms with E-state index in [2.05, 4.69) is 6.92 Å². The molecule has 0 saturated carbocycles. The third-order valence-electron chi connectivity index (χ3n) is 2.08. The van der Waals surface area contributed by atoms with E-state index in [1.165, 1.54) is 0 Å². The predicted octanol–water partition coefficient (Wildman–Crippen LogP) is 0.285. The zero-order valence-electron chi connectivity index (χ0n) is 6.33. The number of amides is 1. The van der Waals surface area contributed by atoms with E-state index in [0.717, 1.165) is 6.42 Å². The minimum absolute atomic E-state index is 0.178. The molecule has 0 aromatic heterocycles. The highest BCUT2D eigenvalue weighted by Gasteiger charge is 2.31. The molecule has 3 atom stereocenters. The predicted molar refractivity (Wildman–Crippen MR) is 37.3 cm³/mol. The fourth-order valence-corrected chi connectivity index (χ4v) is 1.16. The lowest BCUT2D eigenvalue weighted by Gasteiger charge is -2.06. The van der Waals surface area contributed by atoms with Crippen LogP contribution < -0.4 is 5.73 Å². The van der Waals surface area contributed by atoms with Crippen LogP contribution in [0.5, 0.6) is 0 Å². The van der Waals surface area contributed by atoms with Crippen LogP contribution in [0.1, 0.15) is 20.3 Å². The fraction of sp³-hybridized carbons (Fsp3) is 0.857. The van der Waals surface area contributed by atoms with Gasteiger partial charge in [0.25, 0.3) is 0 Å². The van der Waals surface area contributed by atoms with Crippen LogP contribution in [0.4, 0.5) is 0 Å². The van der Waals surface area contributed by atoms with Crippen molar-refractivity contribution in [3.8, 4) is 0 Å². The Morgan fingerprint density at radius 1 is 1.60 bits per heavy atom. The van der Waals surface area contributed by atoms with Crippen LogP contribution in [0.2, 0.25) is 0 Å². The fourth-order valence-electron chi connectivity index (χ4n) is 1.16. The molecule has 0 radical (unpaired) electrons. The van der Waals surface area contributed by atoms with Crippen LogP contribution in [0.25, 0.3) is 0 Å². The van der Waals surface area contributed by atoms with Crippen molar-refractivity contribution in [3.63, 3.8) is 0 Å². The summed E-state index contributed by atoms with van der Waals surface area (Å²) in [6.45, 7) is 4.03.